The molecule has 1 aromatic carbocycles. The maximum Gasteiger partial charge on any atom is 0.127 e. The van der Waals surface area contributed by atoms with Gasteiger partial charge >= 0.3 is 0 Å². The van der Waals surface area contributed by atoms with Gasteiger partial charge in [-0.3, -0.25) is 0 Å². The monoisotopic (exact) mass is 404 g/mol. The van der Waals surface area contributed by atoms with E-state index in [1.54, 1.807) is 0 Å². The van der Waals surface area contributed by atoms with Gasteiger partial charge in [0, 0.05) is 20.0 Å². The van der Waals surface area contributed by atoms with E-state index < -0.39 is 0 Å². The molecular weight excluding hydrogens is 394 g/mol. The minimum Gasteiger partial charge on any atom is -0.507 e. The van der Waals surface area contributed by atoms with Gasteiger partial charge in [-0.25, -0.2) is 0 Å². The summed E-state index contributed by atoms with van der Waals surface area (Å²) < 4.78 is 1.38. The molecule has 0 heterocycles. The molecule has 0 unspecified atom stereocenters. The van der Waals surface area contributed by atoms with E-state index in [-0.39, 0.29) is 11.5 Å². The Labute approximate surface area is 105 Å². The summed E-state index contributed by atoms with van der Waals surface area (Å²) in [5.41, 5.74) is 2.37. The molecule has 1 rings (SSSR count). The van der Waals surface area contributed by atoms with Crippen molar-refractivity contribution in [1.82, 2.24) is 0 Å². The number of halogens is 2. The van der Waals surface area contributed by atoms with E-state index in [0.717, 1.165) is 15.6 Å². The van der Waals surface area contributed by atoms with Gasteiger partial charge in [0.2, 0.25) is 0 Å². The Morgan fingerprint density at radius 1 is 1.15 bits per heavy atom. The third-order valence-corrected chi connectivity index (χ3v) is 3.50. The number of hydrogen-bond donors (Lipinski definition) is 2. The van der Waals surface area contributed by atoms with E-state index in [4.69, 9.17) is 0 Å². The number of benzene rings is 1. The molecule has 0 fully saturated rings. The third kappa shape index (κ3) is 2.20. The zero-order valence-electron chi connectivity index (χ0n) is 7.14. The minimum absolute atomic E-state index is 0.223. The highest BCUT2D eigenvalue weighted by molar-refractivity contribution is 14.1. The standard InChI is InChI=1S/C9H10I2O2/c1-5-2-6(3-10)9(13)7(4-11)8(5)12/h2,12-13H,3-4H2,1H3. The predicted octanol–water partition coefficient (Wildman–Crippen LogP) is 3.28. The molecule has 72 valence electrons. The van der Waals surface area contributed by atoms with Crippen LogP contribution in [0, 0.1) is 6.92 Å². The summed E-state index contributed by atoms with van der Waals surface area (Å²) in [6.45, 7) is 1.85. The van der Waals surface area contributed by atoms with Crippen molar-refractivity contribution in [3.8, 4) is 11.5 Å². The highest BCUT2D eigenvalue weighted by atomic mass is 127. The second-order valence-corrected chi connectivity index (χ2v) is 4.32. The molecule has 0 aliphatic carbocycles. The third-order valence-electron chi connectivity index (χ3n) is 1.92. The molecule has 2 N–H and O–H groups in total. The summed E-state index contributed by atoms with van der Waals surface area (Å²) in [7, 11) is 0. The molecule has 2 nitrogen and oxygen atoms in total. The lowest BCUT2D eigenvalue weighted by atomic mass is 10.1. The first-order chi connectivity index (χ1) is 6.11. The highest BCUT2D eigenvalue weighted by Gasteiger charge is 2.12. The first kappa shape index (κ1) is 11.4. The van der Waals surface area contributed by atoms with E-state index in [9.17, 15) is 10.2 Å². The van der Waals surface area contributed by atoms with Crippen molar-refractivity contribution in [2.75, 3.05) is 0 Å². The fourth-order valence-corrected chi connectivity index (χ4v) is 2.47. The second kappa shape index (κ2) is 4.68. The number of alkyl halides is 2. The summed E-state index contributed by atoms with van der Waals surface area (Å²) >= 11 is 4.33. The Bertz CT molecular complexity index is 324. The van der Waals surface area contributed by atoms with Crippen molar-refractivity contribution < 1.29 is 10.2 Å². The molecule has 0 aliphatic rings. The Morgan fingerprint density at radius 3 is 2.23 bits per heavy atom. The van der Waals surface area contributed by atoms with Crippen LogP contribution in [0.4, 0.5) is 0 Å². The number of aromatic hydroxyl groups is 2. The molecular formula is C9H10I2O2. The van der Waals surface area contributed by atoms with Gasteiger partial charge in [0.1, 0.15) is 11.5 Å². The Morgan fingerprint density at radius 2 is 1.77 bits per heavy atom. The van der Waals surface area contributed by atoms with E-state index >= 15 is 0 Å². The van der Waals surface area contributed by atoms with Crippen LogP contribution in [0.5, 0.6) is 11.5 Å². The van der Waals surface area contributed by atoms with Crippen LogP contribution in [-0.2, 0) is 8.86 Å². The average molecular weight is 404 g/mol. The second-order valence-electron chi connectivity index (χ2n) is 2.80. The molecule has 0 aromatic heterocycles. The van der Waals surface area contributed by atoms with Crippen molar-refractivity contribution in [3.63, 3.8) is 0 Å². The van der Waals surface area contributed by atoms with Crippen molar-refractivity contribution in [1.29, 1.82) is 0 Å². The van der Waals surface area contributed by atoms with Gasteiger partial charge in [-0.1, -0.05) is 45.2 Å². The largest absolute Gasteiger partial charge is 0.507 e. The first-order valence-electron chi connectivity index (χ1n) is 3.77. The molecule has 0 radical (unpaired) electrons. The normalized spacial score (nSPS) is 10.4. The van der Waals surface area contributed by atoms with Crippen LogP contribution in [0.15, 0.2) is 6.07 Å². The van der Waals surface area contributed by atoms with Crippen LogP contribution in [0.2, 0.25) is 0 Å². The lowest BCUT2D eigenvalue weighted by molar-refractivity contribution is 0.437. The molecule has 0 atom stereocenters. The van der Waals surface area contributed by atoms with Gasteiger partial charge in [-0.05, 0) is 18.6 Å². The van der Waals surface area contributed by atoms with E-state index in [1.807, 2.05) is 13.0 Å². The van der Waals surface area contributed by atoms with Crippen LogP contribution < -0.4 is 0 Å². The molecule has 13 heavy (non-hydrogen) atoms. The predicted molar refractivity (Wildman–Crippen MR) is 70.0 cm³/mol. The summed E-state index contributed by atoms with van der Waals surface area (Å²) in [6, 6.07) is 1.83. The van der Waals surface area contributed by atoms with Crippen LogP contribution in [-0.4, -0.2) is 10.2 Å². The molecule has 4 heteroatoms. The number of phenols is 2. The van der Waals surface area contributed by atoms with E-state index in [0.29, 0.717) is 9.99 Å². The molecule has 0 aliphatic heterocycles. The van der Waals surface area contributed by atoms with Gasteiger partial charge in [0.25, 0.3) is 0 Å². The molecule has 1 aromatic rings. The van der Waals surface area contributed by atoms with Gasteiger partial charge in [-0.2, -0.15) is 0 Å². The average Bonchev–Trinajstić information content (AvgIpc) is 2.12. The topological polar surface area (TPSA) is 40.5 Å². The summed E-state index contributed by atoms with van der Waals surface area (Å²) in [5, 5.41) is 19.4. The minimum atomic E-state index is 0.223. The Hall–Kier alpha value is 0.280. The summed E-state index contributed by atoms with van der Waals surface area (Å²) in [4.78, 5) is 0. The molecule has 0 saturated carbocycles. The van der Waals surface area contributed by atoms with Crippen LogP contribution in [0.25, 0.3) is 0 Å². The van der Waals surface area contributed by atoms with Gasteiger partial charge in [-0.15, -0.1) is 0 Å². The Balaban J connectivity index is 3.39. The van der Waals surface area contributed by atoms with Gasteiger partial charge < -0.3 is 10.2 Å². The fourth-order valence-electron chi connectivity index (χ4n) is 1.17. The van der Waals surface area contributed by atoms with Crippen LogP contribution in [0.1, 0.15) is 16.7 Å². The smallest absolute Gasteiger partial charge is 0.127 e. The molecule has 0 bridgehead atoms. The molecule has 0 saturated heterocycles. The maximum atomic E-state index is 9.72. The summed E-state index contributed by atoms with van der Waals surface area (Å²) in [5.74, 6) is 0.465. The van der Waals surface area contributed by atoms with E-state index in [2.05, 4.69) is 45.2 Å². The van der Waals surface area contributed by atoms with Crippen molar-refractivity contribution >= 4 is 45.2 Å². The van der Waals surface area contributed by atoms with Gasteiger partial charge in [0.15, 0.2) is 0 Å². The van der Waals surface area contributed by atoms with E-state index in [1.165, 1.54) is 0 Å². The van der Waals surface area contributed by atoms with Crippen LogP contribution >= 0.6 is 45.2 Å². The summed E-state index contributed by atoms with van der Waals surface area (Å²) in [6.07, 6.45) is 0. The maximum absolute atomic E-state index is 9.72. The molecule has 0 spiro atoms. The van der Waals surface area contributed by atoms with Gasteiger partial charge in [0.05, 0.1) is 0 Å². The van der Waals surface area contributed by atoms with Crippen LogP contribution in [0.3, 0.4) is 0 Å². The zero-order valence-corrected chi connectivity index (χ0v) is 11.5. The number of rotatable bonds is 2. The van der Waals surface area contributed by atoms with Crippen molar-refractivity contribution in [2.24, 2.45) is 0 Å². The molecule has 0 amide bonds. The fraction of sp³-hybridized carbons (Fsp3) is 0.333. The van der Waals surface area contributed by atoms with Crippen molar-refractivity contribution in [3.05, 3.63) is 22.8 Å². The Kier molecular flexibility index (Phi) is 4.08. The lowest BCUT2D eigenvalue weighted by Crippen LogP contribution is -1.90. The van der Waals surface area contributed by atoms with Crippen molar-refractivity contribution in [2.45, 2.75) is 15.8 Å². The highest BCUT2D eigenvalue weighted by Crippen LogP contribution is 2.36. The first-order valence-corrected chi connectivity index (χ1v) is 6.82. The number of phenolic OH excluding ortho intramolecular Hbond substituents is 2. The number of aryl methyl sites for hydroxylation is 1. The quantitative estimate of drug-likeness (QED) is 0.587. The number of hydrogen-bond acceptors (Lipinski definition) is 2. The zero-order chi connectivity index (χ0) is 10.0. The lowest BCUT2D eigenvalue weighted by Gasteiger charge is -2.10. The SMILES string of the molecule is Cc1cc(CI)c(O)c(CI)c1O.